The molecule has 3 aromatic rings. The second-order valence-electron chi connectivity index (χ2n) is 11.7. The number of hydrogen-bond donors (Lipinski definition) is 2. The summed E-state index contributed by atoms with van der Waals surface area (Å²) in [5, 5.41) is 12.6. The van der Waals surface area contributed by atoms with E-state index in [0.717, 1.165) is 29.7 Å². The molecule has 0 aliphatic rings. The Morgan fingerprint density at radius 2 is 1.60 bits per heavy atom. The largest absolute Gasteiger partial charge is 0.480 e. The molecule has 0 saturated heterocycles. The van der Waals surface area contributed by atoms with Crippen LogP contribution in [0.3, 0.4) is 0 Å². The lowest BCUT2D eigenvalue weighted by Gasteiger charge is -2.29. The molecule has 3 rings (SSSR count). The van der Waals surface area contributed by atoms with E-state index in [1.165, 1.54) is 31.7 Å². The van der Waals surface area contributed by atoms with Gasteiger partial charge < -0.3 is 24.5 Å². The number of ether oxygens (including phenoxy) is 1. The number of benzene rings is 2. The van der Waals surface area contributed by atoms with Crippen LogP contribution in [0.5, 0.6) is 0 Å². The number of nitrogens with zero attached hydrogens (tertiary/aromatic N) is 1. The van der Waals surface area contributed by atoms with Crippen LogP contribution >= 0.6 is 0 Å². The Bertz CT molecular complexity index is 1380. The van der Waals surface area contributed by atoms with E-state index in [1.54, 1.807) is 30.3 Å². The Balaban J connectivity index is 1.69. The van der Waals surface area contributed by atoms with Gasteiger partial charge >= 0.3 is 11.9 Å². The Kier molecular flexibility index (Phi) is 14.4. The second-order valence-corrected chi connectivity index (χ2v) is 11.7. The predicted octanol–water partition coefficient (Wildman–Crippen LogP) is 7.71. The lowest BCUT2D eigenvalue weighted by molar-refractivity contribution is -0.152. The number of amides is 2. The number of rotatable bonds is 19. The molecule has 45 heavy (non-hydrogen) atoms. The van der Waals surface area contributed by atoms with E-state index >= 15 is 0 Å². The Morgan fingerprint density at radius 1 is 0.889 bits per heavy atom. The minimum absolute atomic E-state index is 0.000195. The van der Waals surface area contributed by atoms with Crippen molar-refractivity contribution in [2.24, 2.45) is 5.92 Å². The number of carbonyl (C=O) groups excluding carboxylic acids is 3. The topological polar surface area (TPSA) is 126 Å². The van der Waals surface area contributed by atoms with Gasteiger partial charge in [-0.25, -0.2) is 4.79 Å². The monoisotopic (exact) mass is 618 g/mol. The molecule has 1 heterocycles. The fourth-order valence-electron chi connectivity index (χ4n) is 5.06. The third-order valence-corrected chi connectivity index (χ3v) is 7.39. The summed E-state index contributed by atoms with van der Waals surface area (Å²) in [5.41, 5.74) is 2.01. The van der Waals surface area contributed by atoms with Crippen LogP contribution in [0.15, 0.2) is 71.1 Å². The number of carboxylic acid groups (broad SMARTS) is 1. The Morgan fingerprint density at radius 3 is 2.29 bits per heavy atom. The fourth-order valence-corrected chi connectivity index (χ4v) is 5.06. The minimum atomic E-state index is -1.26. The number of anilines is 1. The Labute approximate surface area is 266 Å². The van der Waals surface area contributed by atoms with Crippen molar-refractivity contribution in [1.82, 2.24) is 4.90 Å². The molecule has 242 valence electrons. The Hall–Kier alpha value is -4.40. The molecule has 0 bridgehead atoms. The molecule has 0 saturated carbocycles. The summed E-state index contributed by atoms with van der Waals surface area (Å²) in [6, 6.07) is 18.2. The molecule has 2 N–H and O–H groups in total. The van der Waals surface area contributed by atoms with Crippen LogP contribution in [0.1, 0.15) is 94.7 Å². The van der Waals surface area contributed by atoms with Gasteiger partial charge in [0.15, 0.2) is 5.76 Å². The van der Waals surface area contributed by atoms with Gasteiger partial charge in [-0.15, -0.1) is 0 Å². The zero-order valence-electron chi connectivity index (χ0n) is 26.6. The van der Waals surface area contributed by atoms with Gasteiger partial charge in [-0.05, 0) is 48.6 Å². The maximum absolute atomic E-state index is 13.6. The predicted molar refractivity (Wildman–Crippen MR) is 174 cm³/mol. The van der Waals surface area contributed by atoms with Crippen LogP contribution in [0, 0.1) is 5.92 Å². The van der Waals surface area contributed by atoms with Gasteiger partial charge in [0.2, 0.25) is 5.91 Å². The van der Waals surface area contributed by atoms with Crippen LogP contribution < -0.4 is 5.32 Å². The maximum atomic E-state index is 13.6. The molecule has 1 atom stereocenters. The number of furan rings is 1. The molecular formula is C36H46N2O7. The molecule has 0 aliphatic carbocycles. The van der Waals surface area contributed by atoms with Crippen LogP contribution in [0.25, 0.3) is 11.3 Å². The highest BCUT2D eigenvalue weighted by Crippen LogP contribution is 2.27. The quantitative estimate of drug-likeness (QED) is 0.104. The van der Waals surface area contributed by atoms with Crippen LogP contribution in [0.2, 0.25) is 0 Å². The first-order valence-electron chi connectivity index (χ1n) is 15.9. The van der Waals surface area contributed by atoms with Gasteiger partial charge in [-0.3, -0.25) is 14.4 Å². The van der Waals surface area contributed by atoms with E-state index < -0.39 is 30.4 Å². The van der Waals surface area contributed by atoms with Gasteiger partial charge in [0.1, 0.15) is 25.0 Å². The summed E-state index contributed by atoms with van der Waals surface area (Å²) in [4.78, 5) is 52.2. The molecule has 1 unspecified atom stereocenters. The number of hydrogen-bond acceptors (Lipinski definition) is 6. The summed E-state index contributed by atoms with van der Waals surface area (Å²) in [7, 11) is 0. The molecule has 9 nitrogen and oxygen atoms in total. The number of unbranched alkanes of at least 4 members (excludes halogenated alkanes) is 6. The SMILES string of the molecule is CCCCCCCCCC(=O)Nc1cccc(-c2ccc(C(=O)N(CC(=O)O)C(CC(C)C)C(=O)OCc3ccccc3)o2)c1. The number of esters is 1. The third kappa shape index (κ3) is 11.9. The van der Waals surface area contributed by atoms with Crippen molar-refractivity contribution < 1.29 is 33.4 Å². The zero-order chi connectivity index (χ0) is 32.6. The summed E-state index contributed by atoms with van der Waals surface area (Å²) in [6.45, 7) is 5.25. The van der Waals surface area contributed by atoms with Gasteiger partial charge in [-0.1, -0.05) is 102 Å². The third-order valence-electron chi connectivity index (χ3n) is 7.39. The molecule has 2 aromatic carbocycles. The van der Waals surface area contributed by atoms with Crippen molar-refractivity contribution in [3.05, 3.63) is 78.1 Å². The summed E-state index contributed by atoms with van der Waals surface area (Å²) < 4.78 is 11.4. The lowest BCUT2D eigenvalue weighted by atomic mass is 10.0. The zero-order valence-corrected chi connectivity index (χ0v) is 26.6. The van der Waals surface area contributed by atoms with E-state index in [0.29, 0.717) is 23.4 Å². The molecule has 0 fully saturated rings. The molecule has 9 heteroatoms. The normalized spacial score (nSPS) is 11.6. The smallest absolute Gasteiger partial charge is 0.329 e. The van der Waals surface area contributed by atoms with Crippen molar-refractivity contribution in [2.45, 2.75) is 91.2 Å². The van der Waals surface area contributed by atoms with E-state index in [1.807, 2.05) is 44.2 Å². The standard InChI is InChI=1S/C36H46N2O7/c1-4-5-6-7-8-9-13-19-33(39)37-29-18-14-17-28(23-29)31-20-21-32(45-31)35(42)38(24-34(40)41)30(22-26(2)3)36(43)44-25-27-15-11-10-12-16-27/h10-12,14-18,20-21,23,26,30H,4-9,13,19,22,24-25H2,1-3H3,(H,37,39)(H,40,41). The molecular weight excluding hydrogens is 572 g/mol. The molecule has 0 radical (unpaired) electrons. The van der Waals surface area contributed by atoms with Crippen LogP contribution in [0.4, 0.5) is 5.69 Å². The van der Waals surface area contributed by atoms with Gasteiger partial charge in [0.05, 0.1) is 0 Å². The number of aliphatic carboxylic acids is 1. The summed E-state index contributed by atoms with van der Waals surface area (Å²) >= 11 is 0. The van der Waals surface area contributed by atoms with Crippen molar-refractivity contribution >= 4 is 29.4 Å². The van der Waals surface area contributed by atoms with Gasteiger partial charge in [0.25, 0.3) is 5.91 Å². The molecule has 1 aromatic heterocycles. The highest BCUT2D eigenvalue weighted by Gasteiger charge is 2.35. The fraction of sp³-hybridized carbons (Fsp3) is 0.444. The second kappa shape index (κ2) is 18.4. The molecule has 0 spiro atoms. The lowest BCUT2D eigenvalue weighted by Crippen LogP contribution is -2.48. The van der Waals surface area contributed by atoms with Crippen molar-refractivity contribution in [3.8, 4) is 11.3 Å². The van der Waals surface area contributed by atoms with E-state index in [9.17, 15) is 24.3 Å². The average molecular weight is 619 g/mol. The first-order chi connectivity index (χ1) is 21.7. The first-order valence-corrected chi connectivity index (χ1v) is 15.9. The van der Waals surface area contributed by atoms with Crippen LogP contribution in [-0.2, 0) is 25.7 Å². The van der Waals surface area contributed by atoms with Crippen molar-refractivity contribution in [1.29, 1.82) is 0 Å². The molecule has 2 amide bonds. The summed E-state index contributed by atoms with van der Waals surface area (Å²) in [6.07, 6.45) is 8.58. The van der Waals surface area contributed by atoms with Gasteiger partial charge in [0, 0.05) is 17.7 Å². The minimum Gasteiger partial charge on any atom is -0.480 e. The highest BCUT2D eigenvalue weighted by molar-refractivity contribution is 5.97. The number of carbonyl (C=O) groups is 4. The van der Waals surface area contributed by atoms with Crippen molar-refractivity contribution in [3.63, 3.8) is 0 Å². The maximum Gasteiger partial charge on any atom is 0.329 e. The van der Waals surface area contributed by atoms with E-state index in [-0.39, 0.29) is 30.6 Å². The van der Waals surface area contributed by atoms with Crippen molar-refractivity contribution in [2.75, 3.05) is 11.9 Å². The number of nitrogens with one attached hydrogen (secondary N) is 1. The van der Waals surface area contributed by atoms with Gasteiger partial charge in [-0.2, -0.15) is 0 Å². The number of carboxylic acids is 1. The highest BCUT2D eigenvalue weighted by atomic mass is 16.5. The average Bonchev–Trinajstić information content (AvgIpc) is 3.52. The van der Waals surface area contributed by atoms with E-state index in [2.05, 4.69) is 12.2 Å². The van der Waals surface area contributed by atoms with E-state index in [4.69, 9.17) is 9.15 Å². The summed E-state index contributed by atoms with van der Waals surface area (Å²) in [5.74, 6) is -2.51. The van der Waals surface area contributed by atoms with Crippen LogP contribution in [-0.4, -0.2) is 46.3 Å². The first kappa shape index (κ1) is 35.1. The molecule has 0 aliphatic heterocycles.